The molecule has 2 aliphatic heterocycles. The molecule has 0 N–H and O–H groups in total. The number of aryl methyl sites for hydroxylation is 1. The molecule has 0 bridgehead atoms. The first kappa shape index (κ1) is 26.7. The second kappa shape index (κ2) is 11.9. The minimum Gasteiger partial charge on any atom is -0.378 e. The summed E-state index contributed by atoms with van der Waals surface area (Å²) in [5.41, 5.74) is 5.43. The Morgan fingerprint density at radius 1 is 0.900 bits per heavy atom. The zero-order valence-electron chi connectivity index (χ0n) is 22.2. The van der Waals surface area contributed by atoms with Gasteiger partial charge < -0.3 is 19.1 Å². The quantitative estimate of drug-likeness (QED) is 0.266. The summed E-state index contributed by atoms with van der Waals surface area (Å²) in [6.07, 6.45) is 5.29. The van der Waals surface area contributed by atoms with Gasteiger partial charge in [-0.2, -0.15) is 0 Å². The number of hydrogen-bond acceptors (Lipinski definition) is 5. The van der Waals surface area contributed by atoms with E-state index in [2.05, 4.69) is 12.1 Å². The molecule has 0 unspecified atom stereocenters. The molecule has 0 atom stereocenters. The fraction of sp³-hybridized carbons (Fsp3) is 0.273. The Morgan fingerprint density at radius 2 is 1.70 bits per heavy atom. The van der Waals surface area contributed by atoms with Crippen LogP contribution in [0, 0.1) is 0 Å². The third-order valence-corrected chi connectivity index (χ3v) is 7.71. The summed E-state index contributed by atoms with van der Waals surface area (Å²) < 4.78 is 17.9. The van der Waals surface area contributed by atoms with Gasteiger partial charge in [-0.25, -0.2) is 4.98 Å². The van der Waals surface area contributed by atoms with Crippen LogP contribution >= 0.6 is 11.6 Å². The van der Waals surface area contributed by atoms with Crippen LogP contribution in [-0.4, -0.2) is 55.3 Å². The van der Waals surface area contributed by atoms with Crippen molar-refractivity contribution in [3.05, 3.63) is 112 Å². The topological polar surface area (TPSA) is 60.9 Å². The van der Waals surface area contributed by atoms with Gasteiger partial charge in [0.2, 0.25) is 0 Å². The molecule has 4 aromatic rings. The molecule has 2 fully saturated rings. The molecule has 0 spiro atoms. The molecule has 3 aromatic carbocycles. The average Bonchev–Trinajstić information content (AvgIpc) is 3.49. The zero-order valence-corrected chi connectivity index (χ0v) is 23.0. The molecule has 7 heteroatoms. The maximum atomic E-state index is 13.3. The molecule has 3 heterocycles. The summed E-state index contributed by atoms with van der Waals surface area (Å²) in [6, 6.07) is 25.8. The van der Waals surface area contributed by atoms with Gasteiger partial charge in [0, 0.05) is 41.0 Å². The summed E-state index contributed by atoms with van der Waals surface area (Å²) >= 11 is 6.16. The maximum Gasteiger partial charge on any atom is 0.254 e. The van der Waals surface area contributed by atoms with Gasteiger partial charge in [-0.3, -0.25) is 4.79 Å². The summed E-state index contributed by atoms with van der Waals surface area (Å²) in [4.78, 5) is 19.9. The Bertz CT molecular complexity index is 1540. The van der Waals surface area contributed by atoms with Crippen LogP contribution in [0.1, 0.15) is 39.2 Å². The lowest BCUT2D eigenvalue weighted by Crippen LogP contribution is -2.41. The lowest BCUT2D eigenvalue weighted by molar-refractivity contribution is -0.170. The van der Waals surface area contributed by atoms with E-state index >= 15 is 0 Å². The molecule has 0 aliphatic carbocycles. The Kier molecular flexibility index (Phi) is 7.93. The number of rotatable bonds is 7. The van der Waals surface area contributed by atoms with Crippen molar-refractivity contribution in [2.24, 2.45) is 0 Å². The Hall–Kier alpha value is -3.55. The Balaban J connectivity index is 1.21. The first-order valence-corrected chi connectivity index (χ1v) is 14.1. The number of benzene rings is 3. The molecule has 0 saturated carbocycles. The predicted molar refractivity (Wildman–Crippen MR) is 157 cm³/mol. The van der Waals surface area contributed by atoms with Crippen LogP contribution < -0.4 is 0 Å². The van der Waals surface area contributed by atoms with Crippen molar-refractivity contribution in [2.75, 3.05) is 39.5 Å². The van der Waals surface area contributed by atoms with E-state index in [-0.39, 0.29) is 5.91 Å². The van der Waals surface area contributed by atoms with E-state index in [1.807, 2.05) is 83.8 Å². The number of halogens is 1. The average molecular weight is 555 g/mol. The van der Waals surface area contributed by atoms with Gasteiger partial charge in [0.1, 0.15) is 0 Å². The number of hydrogen-bond donors (Lipinski definition) is 0. The minimum absolute atomic E-state index is 0.0536. The predicted octanol–water partition coefficient (Wildman–Crippen LogP) is 6.36. The van der Waals surface area contributed by atoms with E-state index < -0.39 is 5.79 Å². The lowest BCUT2D eigenvalue weighted by Gasteiger charge is -2.30. The highest BCUT2D eigenvalue weighted by Crippen LogP contribution is 2.37. The molecular weight excluding hydrogens is 524 g/mol. The zero-order chi connectivity index (χ0) is 27.4. The third-order valence-electron chi connectivity index (χ3n) is 7.47. The molecule has 204 valence electrons. The van der Waals surface area contributed by atoms with Gasteiger partial charge in [0.05, 0.1) is 37.6 Å². The number of nitrogens with zero attached hydrogens (tertiary/aromatic N) is 2. The van der Waals surface area contributed by atoms with Gasteiger partial charge in [-0.05, 0) is 54.0 Å². The summed E-state index contributed by atoms with van der Waals surface area (Å²) in [5, 5.41) is 1.72. The number of morpholine rings is 1. The fourth-order valence-corrected chi connectivity index (χ4v) is 5.52. The lowest BCUT2D eigenvalue weighted by atomic mass is 9.94. The largest absolute Gasteiger partial charge is 0.378 e. The summed E-state index contributed by atoms with van der Waals surface area (Å²) in [6.45, 7) is 3.44. The minimum atomic E-state index is -0.864. The van der Waals surface area contributed by atoms with Crippen molar-refractivity contribution in [2.45, 2.75) is 18.6 Å². The van der Waals surface area contributed by atoms with E-state index in [1.165, 1.54) is 0 Å². The number of fused-ring (bicyclic) bond motifs is 1. The van der Waals surface area contributed by atoms with Gasteiger partial charge >= 0.3 is 0 Å². The first-order chi connectivity index (χ1) is 19.6. The highest BCUT2D eigenvalue weighted by Gasteiger charge is 2.38. The highest BCUT2D eigenvalue weighted by atomic mass is 35.5. The van der Waals surface area contributed by atoms with Crippen molar-refractivity contribution in [1.29, 1.82) is 0 Å². The van der Waals surface area contributed by atoms with Gasteiger partial charge in [0.15, 0.2) is 5.79 Å². The van der Waals surface area contributed by atoms with Crippen LogP contribution in [-0.2, 0) is 26.4 Å². The normalized spacial score (nSPS) is 17.1. The van der Waals surface area contributed by atoms with Crippen molar-refractivity contribution in [1.82, 2.24) is 9.88 Å². The number of pyridine rings is 1. The molecule has 1 aromatic heterocycles. The number of ether oxygens (including phenoxy) is 3. The molecule has 6 rings (SSSR count). The monoisotopic (exact) mass is 554 g/mol. The van der Waals surface area contributed by atoms with Crippen molar-refractivity contribution in [3.8, 4) is 0 Å². The van der Waals surface area contributed by atoms with E-state index in [9.17, 15) is 4.79 Å². The molecule has 2 aliphatic rings. The molecule has 6 nitrogen and oxygen atoms in total. The number of carbonyl (C=O) groups excluding carboxylic acids is 1. The summed E-state index contributed by atoms with van der Waals surface area (Å²) in [5.74, 6) is -0.811. The van der Waals surface area contributed by atoms with Crippen molar-refractivity contribution < 1.29 is 19.0 Å². The Labute approximate surface area is 239 Å². The van der Waals surface area contributed by atoms with Crippen LogP contribution in [0.15, 0.2) is 78.9 Å². The smallest absolute Gasteiger partial charge is 0.254 e. The van der Waals surface area contributed by atoms with Gasteiger partial charge in [0.25, 0.3) is 5.91 Å². The number of amides is 1. The molecule has 1 amide bonds. The van der Waals surface area contributed by atoms with Gasteiger partial charge in [-0.15, -0.1) is 0 Å². The second-order valence-electron chi connectivity index (χ2n) is 10.0. The fourth-order valence-electron chi connectivity index (χ4n) is 5.35. The number of aromatic nitrogens is 1. The van der Waals surface area contributed by atoms with E-state index in [0.29, 0.717) is 57.4 Å². The Morgan fingerprint density at radius 3 is 2.55 bits per heavy atom. The third kappa shape index (κ3) is 5.81. The molecule has 0 radical (unpaired) electrons. The van der Waals surface area contributed by atoms with E-state index in [0.717, 1.165) is 38.9 Å². The SMILES string of the molecule is O=C(c1ccccc1CCC1(c2cccc(/C=C/c3ccc4ccc(Cl)cc4n3)c2)OCCO1)N1CCOCC1. The summed E-state index contributed by atoms with van der Waals surface area (Å²) in [7, 11) is 0. The first-order valence-electron chi connectivity index (χ1n) is 13.7. The second-order valence-corrected chi connectivity index (χ2v) is 10.5. The van der Waals surface area contributed by atoms with Gasteiger partial charge in [-0.1, -0.05) is 66.2 Å². The van der Waals surface area contributed by atoms with Crippen molar-refractivity contribution in [3.63, 3.8) is 0 Å². The standard InChI is InChI=1S/C33H31ClN2O4/c34-28-11-9-26-10-13-29(35-31(26)23-28)12-8-24-4-3-6-27(22-24)33(39-20-21-40-33)15-14-25-5-1-2-7-30(25)32(37)36-16-18-38-19-17-36/h1-13,22-23H,14-21H2/b12-8+. The van der Waals surface area contributed by atoms with E-state index in [1.54, 1.807) is 0 Å². The van der Waals surface area contributed by atoms with Crippen LogP contribution in [0.3, 0.4) is 0 Å². The molecule has 40 heavy (non-hydrogen) atoms. The molecular formula is C33H31ClN2O4. The maximum absolute atomic E-state index is 13.3. The van der Waals surface area contributed by atoms with E-state index in [4.69, 9.17) is 30.8 Å². The van der Waals surface area contributed by atoms with Crippen LogP contribution in [0.25, 0.3) is 23.1 Å². The van der Waals surface area contributed by atoms with Crippen LogP contribution in [0.5, 0.6) is 0 Å². The van der Waals surface area contributed by atoms with Crippen LogP contribution in [0.2, 0.25) is 5.02 Å². The highest BCUT2D eigenvalue weighted by molar-refractivity contribution is 6.31. The number of carbonyl (C=O) groups is 1. The molecule has 2 saturated heterocycles. The van der Waals surface area contributed by atoms with Crippen molar-refractivity contribution >= 4 is 40.6 Å². The van der Waals surface area contributed by atoms with Crippen LogP contribution in [0.4, 0.5) is 0 Å².